The Labute approximate surface area is 356 Å². The van der Waals surface area contributed by atoms with E-state index in [1.807, 2.05) is 0 Å². The number of methoxy groups -OCH3 is 1. The molecule has 0 radical (unpaired) electrons. The van der Waals surface area contributed by atoms with Crippen molar-refractivity contribution in [2.24, 2.45) is 17.3 Å². The summed E-state index contributed by atoms with van der Waals surface area (Å²) in [4.78, 5) is 5.46. The topological polar surface area (TPSA) is 58.1 Å². The minimum Gasteiger partial charge on any atom is -0.498 e. The van der Waals surface area contributed by atoms with E-state index < -0.39 is 0 Å². The molecule has 0 N–H and O–H groups in total. The standard InChI is InChI=1S/C53H64N3O4/c1-10-52(32-59-33-52)31-58-29-38-21-25-40(26-22-38)39-23-19-37(20-24-39)27-43(35(4)57-9)36(5)60-30-41-28-53(11-2)34(3)47(41)42-15-14-16-44-48(42)49-55(50(54-44)51(6,7)8)45-17-12-13-18-46(45)56(49)53/h12-26,34-35,41,47H,10-11,27-33H2,1-9H3/q+1. The van der Waals surface area contributed by atoms with Crippen LogP contribution >= 0.6 is 0 Å². The van der Waals surface area contributed by atoms with E-state index in [-0.39, 0.29) is 22.5 Å². The van der Waals surface area contributed by atoms with E-state index in [2.05, 4.69) is 155 Å². The lowest BCUT2D eigenvalue weighted by Gasteiger charge is -2.40. The van der Waals surface area contributed by atoms with Crippen molar-refractivity contribution in [3.63, 3.8) is 0 Å². The first kappa shape index (κ1) is 40.8. The Morgan fingerprint density at radius 2 is 1.62 bits per heavy atom. The first-order valence-corrected chi connectivity index (χ1v) is 22.4. The second kappa shape index (κ2) is 15.7. The van der Waals surface area contributed by atoms with Crippen molar-refractivity contribution in [3.05, 3.63) is 125 Å². The summed E-state index contributed by atoms with van der Waals surface area (Å²) in [5.41, 5.74) is 12.4. The summed E-state index contributed by atoms with van der Waals surface area (Å²) in [6, 6.07) is 33.6. The maximum absolute atomic E-state index is 6.98. The fourth-order valence-electron chi connectivity index (χ4n) is 11.0. The number of hydrogen-bond acceptors (Lipinski definition) is 5. The highest BCUT2D eigenvalue weighted by molar-refractivity contribution is 5.97. The molecule has 0 amide bonds. The molecule has 4 heterocycles. The van der Waals surface area contributed by atoms with Crippen molar-refractivity contribution in [1.82, 2.24) is 9.38 Å². The monoisotopic (exact) mass is 806 g/mol. The van der Waals surface area contributed by atoms with Gasteiger partial charge in [-0.1, -0.05) is 114 Å². The van der Waals surface area contributed by atoms with E-state index in [4.69, 9.17) is 23.9 Å². The third-order valence-corrected chi connectivity index (χ3v) is 14.8. The van der Waals surface area contributed by atoms with Crippen LogP contribution in [0.5, 0.6) is 0 Å². The molecule has 0 spiro atoms. The maximum Gasteiger partial charge on any atom is 0.299 e. The molecule has 7 heteroatoms. The number of hydrogen-bond donors (Lipinski definition) is 0. The SMILES string of the molecule is CCC1(COCc2ccc(-c3ccc(CC(=C(C)OCC4CC5(CC)C(C)C4c4cccc6nc(C(C)(C)C)n7c8ccccc8[n+]5c7c46)C(C)OC)cc3)cc2)COC1. The molecule has 314 valence electrons. The number of allylic oxidation sites excluding steroid dienone is 1. The first-order chi connectivity index (χ1) is 28.9. The van der Waals surface area contributed by atoms with Crippen LogP contribution in [0.3, 0.4) is 0 Å². The van der Waals surface area contributed by atoms with Gasteiger partial charge in [0.2, 0.25) is 5.82 Å². The van der Waals surface area contributed by atoms with Crippen LogP contribution in [0.4, 0.5) is 0 Å². The molecule has 60 heavy (non-hydrogen) atoms. The normalized spacial score (nSPS) is 22.9. The van der Waals surface area contributed by atoms with Gasteiger partial charge in [-0.3, -0.25) is 0 Å². The smallest absolute Gasteiger partial charge is 0.299 e. The number of fused-ring (bicyclic) bond motifs is 7. The fourth-order valence-corrected chi connectivity index (χ4v) is 11.0. The van der Waals surface area contributed by atoms with Gasteiger partial charge in [-0.05, 0) is 97.0 Å². The van der Waals surface area contributed by atoms with E-state index >= 15 is 0 Å². The highest BCUT2D eigenvalue weighted by Crippen LogP contribution is 2.57. The van der Waals surface area contributed by atoms with Crippen LogP contribution in [0, 0.1) is 17.3 Å². The fraction of sp³-hybridized carbons (Fsp3) is 0.472. The molecular weight excluding hydrogens is 743 g/mol. The van der Waals surface area contributed by atoms with Crippen LogP contribution in [0.25, 0.3) is 38.7 Å². The lowest BCUT2D eigenvalue weighted by molar-refractivity contribution is -0.726. The Bertz CT molecular complexity index is 2550. The Morgan fingerprint density at radius 3 is 2.25 bits per heavy atom. The summed E-state index contributed by atoms with van der Waals surface area (Å²) in [6.45, 7) is 21.9. The quantitative estimate of drug-likeness (QED) is 0.0810. The number of para-hydroxylation sites is 2. The predicted octanol–water partition coefficient (Wildman–Crippen LogP) is 11.3. The summed E-state index contributed by atoms with van der Waals surface area (Å²) < 4.78 is 29.8. The summed E-state index contributed by atoms with van der Waals surface area (Å²) >= 11 is 0. The lowest BCUT2D eigenvalue weighted by atomic mass is 9.79. The average molecular weight is 807 g/mol. The molecule has 2 aromatic heterocycles. The van der Waals surface area contributed by atoms with E-state index in [9.17, 15) is 0 Å². The van der Waals surface area contributed by atoms with Crippen LogP contribution in [-0.4, -0.2) is 49.0 Å². The second-order valence-electron chi connectivity index (χ2n) is 19.3. The average Bonchev–Trinajstić information content (AvgIpc) is 3.70. The Morgan fingerprint density at radius 1 is 0.917 bits per heavy atom. The minimum atomic E-state index is -0.133. The molecule has 7 nitrogen and oxygen atoms in total. The summed E-state index contributed by atoms with van der Waals surface area (Å²) in [5.74, 6) is 3.15. The number of ether oxygens (including phenoxy) is 4. The molecule has 2 aliphatic heterocycles. The van der Waals surface area contributed by atoms with Crippen molar-refractivity contribution in [2.75, 3.05) is 33.5 Å². The van der Waals surface area contributed by atoms with Gasteiger partial charge in [0.1, 0.15) is 5.54 Å². The lowest BCUT2D eigenvalue weighted by Crippen LogP contribution is -2.57. The zero-order valence-electron chi connectivity index (χ0n) is 37.3. The van der Waals surface area contributed by atoms with Gasteiger partial charge in [0.15, 0.2) is 11.0 Å². The number of aromatic nitrogens is 3. The van der Waals surface area contributed by atoms with E-state index in [1.165, 1.54) is 55.5 Å². The number of nitrogens with zero attached hydrogens (tertiary/aromatic N) is 3. The molecule has 1 aliphatic carbocycles. The largest absolute Gasteiger partial charge is 0.498 e. The molecule has 9 rings (SSSR count). The number of rotatable bonds is 14. The van der Waals surface area contributed by atoms with Crippen molar-refractivity contribution < 1.29 is 23.5 Å². The van der Waals surface area contributed by atoms with Gasteiger partial charge < -0.3 is 18.9 Å². The Balaban J connectivity index is 0.972. The molecule has 1 saturated carbocycles. The van der Waals surface area contributed by atoms with Crippen LogP contribution in [0.15, 0.2) is 102 Å². The molecule has 2 bridgehead atoms. The summed E-state index contributed by atoms with van der Waals surface area (Å²) in [6.07, 6.45) is 3.89. The van der Waals surface area contributed by atoms with Gasteiger partial charge in [0.25, 0.3) is 5.65 Å². The summed E-state index contributed by atoms with van der Waals surface area (Å²) in [5, 5.41) is 1.30. The van der Waals surface area contributed by atoms with Crippen LogP contribution in [0.1, 0.15) is 103 Å². The minimum absolute atomic E-state index is 0.0735. The summed E-state index contributed by atoms with van der Waals surface area (Å²) in [7, 11) is 1.80. The second-order valence-corrected chi connectivity index (χ2v) is 19.3. The van der Waals surface area contributed by atoms with Crippen LogP contribution < -0.4 is 4.57 Å². The number of benzene rings is 4. The first-order valence-electron chi connectivity index (χ1n) is 22.4. The van der Waals surface area contributed by atoms with Gasteiger partial charge in [-0.25, -0.2) is 9.55 Å². The third kappa shape index (κ3) is 6.76. The van der Waals surface area contributed by atoms with Gasteiger partial charge in [0.05, 0.1) is 55.8 Å². The van der Waals surface area contributed by atoms with Crippen molar-refractivity contribution in [1.29, 1.82) is 0 Å². The van der Waals surface area contributed by atoms with Gasteiger partial charge in [-0.15, -0.1) is 0 Å². The van der Waals surface area contributed by atoms with Gasteiger partial charge in [0, 0.05) is 29.8 Å². The Kier molecular flexibility index (Phi) is 10.7. The van der Waals surface area contributed by atoms with Gasteiger partial charge >= 0.3 is 0 Å². The maximum atomic E-state index is 6.98. The zero-order valence-corrected chi connectivity index (χ0v) is 37.3. The van der Waals surface area contributed by atoms with E-state index in [1.54, 1.807) is 7.11 Å². The van der Waals surface area contributed by atoms with Crippen molar-refractivity contribution >= 4 is 27.6 Å². The number of imidazole rings is 1. The Hall–Kier alpha value is -4.56. The molecule has 2 fully saturated rings. The van der Waals surface area contributed by atoms with Crippen molar-refractivity contribution in [3.8, 4) is 11.1 Å². The highest BCUT2D eigenvalue weighted by Gasteiger charge is 2.59. The van der Waals surface area contributed by atoms with Crippen LogP contribution in [-0.2, 0) is 42.9 Å². The highest BCUT2D eigenvalue weighted by atomic mass is 16.5. The molecule has 3 aliphatic rings. The van der Waals surface area contributed by atoms with Gasteiger partial charge in [-0.2, -0.15) is 4.40 Å². The third-order valence-electron chi connectivity index (χ3n) is 14.8. The molecule has 6 aromatic rings. The zero-order chi connectivity index (χ0) is 42.0. The molecule has 5 atom stereocenters. The predicted molar refractivity (Wildman–Crippen MR) is 241 cm³/mol. The van der Waals surface area contributed by atoms with E-state index in [0.717, 1.165) is 62.6 Å². The molecular formula is C53H64N3O4+. The van der Waals surface area contributed by atoms with Crippen LogP contribution in [0.2, 0.25) is 0 Å². The van der Waals surface area contributed by atoms with Crippen molar-refractivity contribution in [2.45, 2.75) is 111 Å². The van der Waals surface area contributed by atoms with E-state index in [0.29, 0.717) is 31.0 Å². The molecule has 5 unspecified atom stereocenters. The molecule has 4 aromatic carbocycles. The molecule has 1 saturated heterocycles.